The van der Waals surface area contributed by atoms with E-state index in [9.17, 15) is 18.0 Å². The first-order chi connectivity index (χ1) is 11.2. The SMILES string of the molecule is Cc1cc(N2CCCC(C(=O)NCC(F)(F)F)C2)nc(C(C)C)n1. The summed E-state index contributed by atoms with van der Waals surface area (Å²) in [5.41, 5.74) is 0.840. The van der Waals surface area contributed by atoms with Gasteiger partial charge in [0.1, 0.15) is 18.2 Å². The van der Waals surface area contributed by atoms with Crippen LogP contribution >= 0.6 is 0 Å². The van der Waals surface area contributed by atoms with Gasteiger partial charge >= 0.3 is 6.18 Å². The third kappa shape index (κ3) is 5.07. The van der Waals surface area contributed by atoms with Crippen molar-refractivity contribution in [3.63, 3.8) is 0 Å². The van der Waals surface area contributed by atoms with Crippen LogP contribution in [-0.4, -0.2) is 41.7 Å². The molecule has 1 atom stereocenters. The molecule has 1 N–H and O–H groups in total. The Labute approximate surface area is 139 Å². The van der Waals surface area contributed by atoms with E-state index < -0.39 is 24.5 Å². The van der Waals surface area contributed by atoms with Gasteiger partial charge in [-0.05, 0) is 19.8 Å². The number of hydrogen-bond donors (Lipinski definition) is 1. The smallest absolute Gasteiger partial charge is 0.356 e. The van der Waals surface area contributed by atoms with E-state index >= 15 is 0 Å². The molecule has 1 aliphatic rings. The van der Waals surface area contributed by atoms with Crippen molar-refractivity contribution >= 4 is 11.7 Å². The van der Waals surface area contributed by atoms with Crippen LogP contribution in [0.25, 0.3) is 0 Å². The molecule has 1 aromatic heterocycles. The van der Waals surface area contributed by atoms with Crippen molar-refractivity contribution in [2.45, 2.75) is 45.7 Å². The first kappa shape index (κ1) is 18.5. The molecule has 0 bridgehead atoms. The molecule has 1 aliphatic heterocycles. The summed E-state index contributed by atoms with van der Waals surface area (Å²) in [5, 5.41) is 1.98. The van der Waals surface area contributed by atoms with Crippen molar-refractivity contribution < 1.29 is 18.0 Å². The maximum absolute atomic E-state index is 12.2. The van der Waals surface area contributed by atoms with Crippen LogP contribution in [0.5, 0.6) is 0 Å². The number of rotatable bonds is 4. The summed E-state index contributed by atoms with van der Waals surface area (Å²) in [6.45, 7) is 5.71. The molecular formula is C16H23F3N4O. The van der Waals surface area contributed by atoms with Crippen molar-refractivity contribution in [2.75, 3.05) is 24.5 Å². The summed E-state index contributed by atoms with van der Waals surface area (Å²) in [6.07, 6.45) is -3.06. The molecule has 1 aromatic rings. The normalized spacial score (nSPS) is 18.8. The van der Waals surface area contributed by atoms with Gasteiger partial charge in [0, 0.05) is 30.8 Å². The molecule has 5 nitrogen and oxygen atoms in total. The topological polar surface area (TPSA) is 58.1 Å². The van der Waals surface area contributed by atoms with Crippen LogP contribution in [0.3, 0.4) is 0 Å². The Morgan fingerprint density at radius 2 is 2.12 bits per heavy atom. The Kier molecular flexibility index (Phi) is 5.66. The van der Waals surface area contributed by atoms with Gasteiger partial charge in [-0.15, -0.1) is 0 Å². The Morgan fingerprint density at radius 3 is 2.75 bits per heavy atom. The lowest BCUT2D eigenvalue weighted by molar-refractivity contribution is -0.140. The number of carbonyl (C=O) groups excluding carboxylic acids is 1. The maximum Gasteiger partial charge on any atom is 0.405 e. The van der Waals surface area contributed by atoms with E-state index in [-0.39, 0.29) is 5.92 Å². The molecule has 1 unspecified atom stereocenters. The van der Waals surface area contributed by atoms with Gasteiger partial charge < -0.3 is 10.2 Å². The lowest BCUT2D eigenvalue weighted by atomic mass is 9.97. The number of nitrogens with zero attached hydrogens (tertiary/aromatic N) is 3. The second kappa shape index (κ2) is 7.36. The number of carbonyl (C=O) groups is 1. The highest BCUT2D eigenvalue weighted by Crippen LogP contribution is 2.24. The van der Waals surface area contributed by atoms with Gasteiger partial charge in [0.15, 0.2) is 0 Å². The molecule has 2 rings (SSSR count). The van der Waals surface area contributed by atoms with Gasteiger partial charge in [0.05, 0.1) is 5.92 Å². The predicted molar refractivity (Wildman–Crippen MR) is 84.9 cm³/mol. The third-order valence-electron chi connectivity index (χ3n) is 3.95. The first-order valence-corrected chi connectivity index (χ1v) is 8.10. The number of piperidine rings is 1. The predicted octanol–water partition coefficient (Wildman–Crippen LogP) is 2.80. The number of aryl methyl sites for hydroxylation is 1. The molecule has 0 aromatic carbocycles. The minimum absolute atomic E-state index is 0.180. The van der Waals surface area contributed by atoms with E-state index in [1.807, 2.05) is 37.1 Å². The Hall–Kier alpha value is -1.86. The zero-order valence-corrected chi connectivity index (χ0v) is 14.2. The number of hydrogen-bond acceptors (Lipinski definition) is 4. The summed E-state index contributed by atoms with van der Waals surface area (Å²) < 4.78 is 36.7. The van der Waals surface area contributed by atoms with Gasteiger partial charge in [-0.3, -0.25) is 4.79 Å². The second-order valence-corrected chi connectivity index (χ2v) is 6.50. The molecule has 2 heterocycles. The molecular weight excluding hydrogens is 321 g/mol. The molecule has 8 heteroatoms. The van der Waals surface area contributed by atoms with Crippen molar-refractivity contribution in [1.29, 1.82) is 0 Å². The fourth-order valence-corrected chi connectivity index (χ4v) is 2.73. The van der Waals surface area contributed by atoms with Crippen LogP contribution in [0.15, 0.2) is 6.07 Å². The Bertz CT molecular complexity index is 589. The number of nitrogens with one attached hydrogen (secondary N) is 1. The van der Waals surface area contributed by atoms with Crippen molar-refractivity contribution in [3.05, 3.63) is 17.6 Å². The third-order valence-corrected chi connectivity index (χ3v) is 3.95. The van der Waals surface area contributed by atoms with Crippen LogP contribution in [-0.2, 0) is 4.79 Å². The number of amides is 1. The fraction of sp³-hybridized carbons (Fsp3) is 0.688. The van der Waals surface area contributed by atoms with E-state index in [2.05, 4.69) is 9.97 Å². The summed E-state index contributed by atoms with van der Waals surface area (Å²) >= 11 is 0. The van der Waals surface area contributed by atoms with Gasteiger partial charge in [0.2, 0.25) is 5.91 Å². The lowest BCUT2D eigenvalue weighted by Gasteiger charge is -2.33. The average Bonchev–Trinajstić information content (AvgIpc) is 2.51. The minimum Gasteiger partial charge on any atom is -0.356 e. The van der Waals surface area contributed by atoms with E-state index in [1.165, 1.54) is 0 Å². The fourth-order valence-electron chi connectivity index (χ4n) is 2.73. The number of anilines is 1. The molecule has 0 aliphatic carbocycles. The number of halogens is 3. The summed E-state index contributed by atoms with van der Waals surface area (Å²) in [5.74, 6) is 0.637. The van der Waals surface area contributed by atoms with Crippen molar-refractivity contribution in [2.24, 2.45) is 5.92 Å². The van der Waals surface area contributed by atoms with E-state index in [1.54, 1.807) is 0 Å². The molecule has 0 radical (unpaired) electrons. The maximum atomic E-state index is 12.2. The Morgan fingerprint density at radius 1 is 1.42 bits per heavy atom. The minimum atomic E-state index is -4.39. The van der Waals surface area contributed by atoms with Gasteiger partial charge in [-0.2, -0.15) is 13.2 Å². The molecule has 134 valence electrons. The van der Waals surface area contributed by atoms with Crippen molar-refractivity contribution in [1.82, 2.24) is 15.3 Å². The van der Waals surface area contributed by atoms with E-state index in [4.69, 9.17) is 0 Å². The lowest BCUT2D eigenvalue weighted by Crippen LogP contribution is -2.45. The van der Waals surface area contributed by atoms with Crippen LogP contribution in [0.2, 0.25) is 0 Å². The Balaban J connectivity index is 2.06. The highest BCUT2D eigenvalue weighted by molar-refractivity contribution is 5.79. The van der Waals surface area contributed by atoms with E-state index in [0.717, 1.165) is 30.3 Å². The molecule has 0 spiro atoms. The number of aromatic nitrogens is 2. The molecule has 1 saturated heterocycles. The highest BCUT2D eigenvalue weighted by atomic mass is 19.4. The van der Waals surface area contributed by atoms with Crippen LogP contribution in [0.4, 0.5) is 19.0 Å². The van der Waals surface area contributed by atoms with Crippen LogP contribution < -0.4 is 10.2 Å². The zero-order valence-electron chi connectivity index (χ0n) is 14.2. The van der Waals surface area contributed by atoms with Crippen LogP contribution in [0, 0.1) is 12.8 Å². The second-order valence-electron chi connectivity index (χ2n) is 6.50. The standard InChI is InChI=1S/C16H23F3N4O/c1-10(2)14-21-11(3)7-13(22-14)23-6-4-5-12(8-23)15(24)20-9-16(17,18)19/h7,10,12H,4-6,8-9H2,1-3H3,(H,20,24). The quantitative estimate of drug-likeness (QED) is 0.912. The largest absolute Gasteiger partial charge is 0.405 e. The summed E-state index contributed by atoms with van der Waals surface area (Å²) in [4.78, 5) is 22.9. The highest BCUT2D eigenvalue weighted by Gasteiger charge is 2.31. The monoisotopic (exact) mass is 344 g/mol. The van der Waals surface area contributed by atoms with Gasteiger partial charge in [-0.1, -0.05) is 13.8 Å². The summed E-state index contributed by atoms with van der Waals surface area (Å²) in [7, 11) is 0. The summed E-state index contributed by atoms with van der Waals surface area (Å²) in [6, 6.07) is 1.85. The van der Waals surface area contributed by atoms with Gasteiger partial charge in [-0.25, -0.2) is 9.97 Å². The molecule has 0 saturated carbocycles. The van der Waals surface area contributed by atoms with Crippen molar-refractivity contribution in [3.8, 4) is 0 Å². The molecule has 24 heavy (non-hydrogen) atoms. The molecule has 1 fully saturated rings. The van der Waals surface area contributed by atoms with Gasteiger partial charge in [0.25, 0.3) is 0 Å². The molecule has 1 amide bonds. The van der Waals surface area contributed by atoms with Crippen LogP contribution in [0.1, 0.15) is 44.1 Å². The number of alkyl halides is 3. The first-order valence-electron chi connectivity index (χ1n) is 8.10. The average molecular weight is 344 g/mol. The zero-order chi connectivity index (χ0) is 17.9. The van der Waals surface area contributed by atoms with E-state index in [0.29, 0.717) is 13.0 Å².